The predicted molar refractivity (Wildman–Crippen MR) is 89.1 cm³/mol. The van der Waals surface area contributed by atoms with Crippen molar-refractivity contribution in [2.45, 2.75) is 57.2 Å². The summed E-state index contributed by atoms with van der Waals surface area (Å²) in [5, 5.41) is 17.5. The first-order valence-electron chi connectivity index (χ1n) is 8.43. The average Bonchev–Trinajstić information content (AvgIpc) is 3.08. The van der Waals surface area contributed by atoms with Gasteiger partial charge in [-0.3, -0.25) is 4.79 Å². The summed E-state index contributed by atoms with van der Waals surface area (Å²) in [6.45, 7) is 0.280. The number of aliphatic hydroxyl groups excluding tert-OH is 1. The summed E-state index contributed by atoms with van der Waals surface area (Å²) in [5.74, 6) is 2.72. The minimum absolute atomic E-state index is 0.256. The summed E-state index contributed by atoms with van der Waals surface area (Å²) in [4.78, 5) is 10.5. The van der Waals surface area contributed by atoms with Crippen molar-refractivity contribution >= 4 is 17.7 Å². The molecular formula is C17H28O4S. The molecule has 0 aromatic heterocycles. The fourth-order valence-corrected chi connectivity index (χ4v) is 4.79. The van der Waals surface area contributed by atoms with Crippen LogP contribution in [0.1, 0.15) is 44.9 Å². The maximum Gasteiger partial charge on any atom is 0.303 e. The molecule has 4 atom stereocenters. The molecule has 2 fully saturated rings. The maximum absolute atomic E-state index is 10.5. The number of thioether (sulfide) groups is 1. The molecule has 0 aliphatic carbocycles. The van der Waals surface area contributed by atoms with Crippen molar-refractivity contribution in [3.8, 4) is 0 Å². The topological polar surface area (TPSA) is 66.8 Å². The van der Waals surface area contributed by atoms with Crippen LogP contribution in [0, 0.1) is 11.8 Å². The van der Waals surface area contributed by atoms with Gasteiger partial charge in [0.1, 0.15) is 0 Å². The predicted octanol–water partition coefficient (Wildman–Crippen LogP) is 3.10. The van der Waals surface area contributed by atoms with Crippen LogP contribution in [0.4, 0.5) is 0 Å². The maximum atomic E-state index is 10.5. The Bertz CT molecular complexity index is 372. The molecule has 0 spiro atoms. The number of rotatable bonds is 11. The number of fused-ring (bicyclic) bond motifs is 2. The van der Waals surface area contributed by atoms with Crippen LogP contribution in [0.5, 0.6) is 0 Å². The Balaban J connectivity index is 1.70. The Morgan fingerprint density at radius 2 is 1.95 bits per heavy atom. The number of hydrogen-bond acceptors (Lipinski definition) is 4. The molecule has 0 unspecified atom stereocenters. The highest BCUT2D eigenvalue weighted by molar-refractivity contribution is 7.99. The van der Waals surface area contributed by atoms with Gasteiger partial charge in [-0.1, -0.05) is 12.2 Å². The van der Waals surface area contributed by atoms with Crippen molar-refractivity contribution in [2.24, 2.45) is 11.8 Å². The monoisotopic (exact) mass is 328 g/mol. The molecule has 126 valence electrons. The number of carboxylic acid groups (broad SMARTS) is 1. The molecule has 0 amide bonds. The second-order valence-electron chi connectivity index (χ2n) is 6.26. The van der Waals surface area contributed by atoms with Gasteiger partial charge in [-0.15, -0.1) is 0 Å². The van der Waals surface area contributed by atoms with Crippen LogP contribution in [0.2, 0.25) is 0 Å². The second-order valence-corrected chi connectivity index (χ2v) is 7.41. The Kier molecular flexibility index (Phi) is 7.76. The number of aliphatic carboxylic acids is 1. The van der Waals surface area contributed by atoms with Crippen LogP contribution in [0.3, 0.4) is 0 Å². The lowest BCUT2D eigenvalue weighted by Gasteiger charge is -2.27. The zero-order valence-corrected chi connectivity index (χ0v) is 14.0. The minimum atomic E-state index is -0.713. The molecule has 5 heteroatoms. The molecule has 2 rings (SSSR count). The van der Waals surface area contributed by atoms with E-state index >= 15 is 0 Å². The Labute approximate surface area is 137 Å². The summed E-state index contributed by atoms with van der Waals surface area (Å²) in [6.07, 6.45) is 11.4. The first-order valence-corrected chi connectivity index (χ1v) is 9.58. The van der Waals surface area contributed by atoms with Crippen LogP contribution in [0.15, 0.2) is 12.2 Å². The number of aliphatic hydroxyl groups is 1. The van der Waals surface area contributed by atoms with Gasteiger partial charge in [0.25, 0.3) is 0 Å². The number of hydrogen-bond donors (Lipinski definition) is 2. The summed E-state index contributed by atoms with van der Waals surface area (Å²) < 4.78 is 6.09. The van der Waals surface area contributed by atoms with Gasteiger partial charge in [0.15, 0.2) is 0 Å². The minimum Gasteiger partial charge on any atom is -0.481 e. The normalized spacial score (nSPS) is 30.4. The van der Waals surface area contributed by atoms with Gasteiger partial charge in [0.05, 0.1) is 12.2 Å². The van der Waals surface area contributed by atoms with Crippen molar-refractivity contribution in [1.82, 2.24) is 0 Å². The lowest BCUT2D eigenvalue weighted by Crippen LogP contribution is -2.28. The van der Waals surface area contributed by atoms with Crippen molar-refractivity contribution < 1.29 is 19.7 Å². The molecule has 2 aliphatic heterocycles. The lowest BCUT2D eigenvalue weighted by atomic mass is 9.78. The largest absolute Gasteiger partial charge is 0.481 e. The van der Waals surface area contributed by atoms with E-state index in [1.165, 1.54) is 12.8 Å². The molecule has 4 nitrogen and oxygen atoms in total. The van der Waals surface area contributed by atoms with E-state index in [0.29, 0.717) is 24.0 Å². The summed E-state index contributed by atoms with van der Waals surface area (Å²) in [6, 6.07) is 0. The van der Waals surface area contributed by atoms with Crippen molar-refractivity contribution in [2.75, 3.05) is 18.1 Å². The highest BCUT2D eigenvalue weighted by Crippen LogP contribution is 2.46. The molecule has 0 saturated carbocycles. The van der Waals surface area contributed by atoms with Gasteiger partial charge in [0, 0.05) is 13.0 Å². The number of carboxylic acids is 1. The van der Waals surface area contributed by atoms with Crippen molar-refractivity contribution in [3.05, 3.63) is 12.2 Å². The highest BCUT2D eigenvalue weighted by atomic mass is 32.2. The SMILES string of the molecule is O=C(O)CCCC=CC[C@@H]1[C@@H](CSCCCO)[C@@H]2CC[C@H]1O2. The van der Waals surface area contributed by atoms with Crippen LogP contribution in [-0.2, 0) is 9.53 Å². The zero-order valence-electron chi connectivity index (χ0n) is 13.2. The number of ether oxygens (including phenoxy) is 1. The van der Waals surface area contributed by atoms with E-state index in [1.807, 2.05) is 11.8 Å². The molecule has 0 radical (unpaired) electrons. The molecule has 2 aliphatic rings. The molecular weight excluding hydrogens is 300 g/mol. The second kappa shape index (κ2) is 9.58. The van der Waals surface area contributed by atoms with E-state index in [0.717, 1.165) is 37.2 Å². The Morgan fingerprint density at radius 1 is 1.18 bits per heavy atom. The third-order valence-corrected chi connectivity index (χ3v) is 5.88. The Morgan fingerprint density at radius 3 is 2.68 bits per heavy atom. The van der Waals surface area contributed by atoms with Crippen molar-refractivity contribution in [1.29, 1.82) is 0 Å². The fourth-order valence-electron chi connectivity index (χ4n) is 3.56. The third-order valence-electron chi connectivity index (χ3n) is 4.68. The van der Waals surface area contributed by atoms with Crippen molar-refractivity contribution in [3.63, 3.8) is 0 Å². The van der Waals surface area contributed by atoms with E-state index in [4.69, 9.17) is 14.9 Å². The molecule has 0 aromatic carbocycles. The lowest BCUT2D eigenvalue weighted by molar-refractivity contribution is -0.137. The van der Waals surface area contributed by atoms with Gasteiger partial charge in [0.2, 0.25) is 0 Å². The van der Waals surface area contributed by atoms with Gasteiger partial charge in [-0.2, -0.15) is 11.8 Å². The third kappa shape index (κ3) is 5.28. The van der Waals surface area contributed by atoms with E-state index in [-0.39, 0.29) is 13.0 Å². The first kappa shape index (κ1) is 17.8. The van der Waals surface area contributed by atoms with Gasteiger partial charge in [-0.25, -0.2) is 0 Å². The summed E-state index contributed by atoms with van der Waals surface area (Å²) in [7, 11) is 0. The fraction of sp³-hybridized carbons (Fsp3) is 0.824. The molecule has 0 aromatic rings. The van der Waals surface area contributed by atoms with Crippen LogP contribution in [0.25, 0.3) is 0 Å². The molecule has 2 N–H and O–H groups in total. The summed E-state index contributed by atoms with van der Waals surface area (Å²) in [5.41, 5.74) is 0. The number of carbonyl (C=O) groups is 1. The van der Waals surface area contributed by atoms with E-state index in [1.54, 1.807) is 0 Å². The van der Waals surface area contributed by atoms with Gasteiger partial charge in [-0.05, 0) is 61.9 Å². The standard InChI is InChI=1S/C17H28O4S/c18-10-5-11-22-12-14-13(15-8-9-16(14)21-15)6-3-1-2-4-7-17(19)20/h1,3,13-16,18H,2,4-12H2,(H,19,20)/t13-,14-,15-,16+/m1/s1. The quantitative estimate of drug-likeness (QED) is 0.451. The smallest absolute Gasteiger partial charge is 0.303 e. The molecule has 2 heterocycles. The van der Waals surface area contributed by atoms with Gasteiger partial charge < -0.3 is 14.9 Å². The Hall–Kier alpha value is -0.520. The van der Waals surface area contributed by atoms with Gasteiger partial charge >= 0.3 is 5.97 Å². The molecule has 22 heavy (non-hydrogen) atoms. The van der Waals surface area contributed by atoms with Crippen LogP contribution < -0.4 is 0 Å². The van der Waals surface area contributed by atoms with Crippen LogP contribution in [-0.4, -0.2) is 46.5 Å². The van der Waals surface area contributed by atoms with E-state index in [2.05, 4.69) is 12.2 Å². The summed E-state index contributed by atoms with van der Waals surface area (Å²) >= 11 is 1.94. The molecule has 2 saturated heterocycles. The first-order chi connectivity index (χ1) is 10.7. The van der Waals surface area contributed by atoms with E-state index in [9.17, 15) is 4.79 Å². The number of unbranched alkanes of at least 4 members (excludes halogenated alkanes) is 1. The van der Waals surface area contributed by atoms with E-state index < -0.39 is 5.97 Å². The number of allylic oxidation sites excluding steroid dienone is 2. The average molecular weight is 328 g/mol. The highest BCUT2D eigenvalue weighted by Gasteiger charge is 2.47. The van der Waals surface area contributed by atoms with Crippen LogP contribution >= 0.6 is 11.8 Å². The molecule has 2 bridgehead atoms. The zero-order chi connectivity index (χ0) is 15.8.